The van der Waals surface area contributed by atoms with E-state index in [-0.39, 0.29) is 5.91 Å². The van der Waals surface area contributed by atoms with Gasteiger partial charge >= 0.3 is 0 Å². The summed E-state index contributed by atoms with van der Waals surface area (Å²) < 4.78 is 6.45. The van der Waals surface area contributed by atoms with Crippen molar-refractivity contribution in [2.75, 3.05) is 13.1 Å². The highest BCUT2D eigenvalue weighted by atomic mass is 79.9. The van der Waals surface area contributed by atoms with Crippen molar-refractivity contribution in [3.8, 4) is 11.3 Å². The molecule has 1 aliphatic rings. The largest absolute Gasteiger partial charge is 0.355 e. The van der Waals surface area contributed by atoms with Crippen LogP contribution in [0.5, 0.6) is 0 Å². The van der Waals surface area contributed by atoms with Gasteiger partial charge in [0.15, 0.2) is 5.76 Å². The van der Waals surface area contributed by atoms with Crippen molar-refractivity contribution < 1.29 is 9.32 Å². The molecule has 1 amide bonds. The Hall–Kier alpha value is -1.62. The molecule has 116 valence electrons. The van der Waals surface area contributed by atoms with Gasteiger partial charge in [-0.1, -0.05) is 33.9 Å². The first-order valence-electron chi connectivity index (χ1n) is 7.68. The minimum atomic E-state index is 0.0403. The lowest BCUT2D eigenvalue weighted by Gasteiger charge is -2.20. The van der Waals surface area contributed by atoms with E-state index >= 15 is 0 Å². The predicted molar refractivity (Wildman–Crippen MR) is 88.7 cm³/mol. The second kappa shape index (κ2) is 6.65. The lowest BCUT2D eigenvalue weighted by molar-refractivity contribution is 0.0761. The molecule has 1 aliphatic heterocycles. The van der Waals surface area contributed by atoms with Gasteiger partial charge in [-0.3, -0.25) is 4.79 Å². The van der Waals surface area contributed by atoms with Gasteiger partial charge in [0.1, 0.15) is 5.56 Å². The van der Waals surface area contributed by atoms with Gasteiger partial charge in [0.2, 0.25) is 0 Å². The van der Waals surface area contributed by atoms with Crippen LogP contribution in [0.1, 0.15) is 41.7 Å². The molecule has 0 unspecified atom stereocenters. The quantitative estimate of drug-likeness (QED) is 0.793. The fraction of sp³-hybridized carbons (Fsp3) is 0.412. The number of aromatic nitrogens is 1. The predicted octanol–water partition coefficient (Wildman–Crippen LogP) is 4.43. The third-order valence-corrected chi connectivity index (χ3v) is 4.60. The Kier molecular flexibility index (Phi) is 4.62. The van der Waals surface area contributed by atoms with E-state index in [2.05, 4.69) is 21.1 Å². The van der Waals surface area contributed by atoms with Gasteiger partial charge in [0.25, 0.3) is 5.91 Å². The molecule has 22 heavy (non-hydrogen) atoms. The summed E-state index contributed by atoms with van der Waals surface area (Å²) in [7, 11) is 0. The van der Waals surface area contributed by atoms with Crippen LogP contribution in [-0.4, -0.2) is 29.1 Å². The average Bonchev–Trinajstić information content (AvgIpc) is 2.74. The van der Waals surface area contributed by atoms with E-state index in [0.29, 0.717) is 17.0 Å². The molecule has 4 nitrogen and oxygen atoms in total. The van der Waals surface area contributed by atoms with Gasteiger partial charge < -0.3 is 9.42 Å². The first kappa shape index (κ1) is 15.3. The maximum absolute atomic E-state index is 12.9. The van der Waals surface area contributed by atoms with Gasteiger partial charge in [0, 0.05) is 23.1 Å². The van der Waals surface area contributed by atoms with Crippen LogP contribution in [0.25, 0.3) is 11.3 Å². The second-order valence-electron chi connectivity index (χ2n) is 5.69. The normalized spacial score (nSPS) is 15.6. The summed E-state index contributed by atoms with van der Waals surface area (Å²) in [5.41, 5.74) is 2.14. The van der Waals surface area contributed by atoms with E-state index in [1.807, 2.05) is 36.1 Å². The zero-order valence-corrected chi connectivity index (χ0v) is 14.2. The van der Waals surface area contributed by atoms with Gasteiger partial charge in [-0.15, -0.1) is 0 Å². The average molecular weight is 363 g/mol. The highest BCUT2D eigenvalue weighted by Gasteiger charge is 2.26. The molecule has 1 fully saturated rings. The Labute approximate surface area is 138 Å². The van der Waals surface area contributed by atoms with Crippen LogP contribution in [-0.2, 0) is 0 Å². The lowest BCUT2D eigenvalue weighted by atomic mass is 10.1. The fourth-order valence-electron chi connectivity index (χ4n) is 2.85. The number of hydrogen-bond donors (Lipinski definition) is 0. The molecule has 0 radical (unpaired) electrons. The molecule has 1 aromatic heterocycles. The van der Waals surface area contributed by atoms with E-state index in [1.165, 1.54) is 12.8 Å². The van der Waals surface area contributed by atoms with Gasteiger partial charge in [0.05, 0.1) is 5.69 Å². The fourth-order valence-corrected chi connectivity index (χ4v) is 3.12. The zero-order chi connectivity index (χ0) is 15.5. The topological polar surface area (TPSA) is 46.3 Å². The monoisotopic (exact) mass is 362 g/mol. The number of benzene rings is 1. The first-order valence-corrected chi connectivity index (χ1v) is 8.47. The lowest BCUT2D eigenvalue weighted by Crippen LogP contribution is -2.32. The van der Waals surface area contributed by atoms with Crippen LogP contribution in [0.2, 0.25) is 0 Å². The van der Waals surface area contributed by atoms with E-state index in [4.69, 9.17) is 4.52 Å². The van der Waals surface area contributed by atoms with Gasteiger partial charge in [-0.25, -0.2) is 0 Å². The summed E-state index contributed by atoms with van der Waals surface area (Å²) >= 11 is 3.42. The molecule has 0 N–H and O–H groups in total. The van der Waals surface area contributed by atoms with E-state index in [0.717, 1.165) is 36.0 Å². The molecule has 0 spiro atoms. The Bertz CT molecular complexity index is 656. The van der Waals surface area contributed by atoms with Crippen LogP contribution in [0.4, 0.5) is 0 Å². The molecule has 1 saturated heterocycles. The molecule has 3 rings (SSSR count). The third-order valence-electron chi connectivity index (χ3n) is 4.08. The summed E-state index contributed by atoms with van der Waals surface area (Å²) in [5, 5.41) is 4.02. The number of nitrogens with zero attached hydrogens (tertiary/aromatic N) is 2. The Balaban J connectivity index is 1.94. The van der Waals surface area contributed by atoms with E-state index in [9.17, 15) is 4.79 Å². The van der Waals surface area contributed by atoms with Crippen molar-refractivity contribution in [1.82, 2.24) is 10.1 Å². The number of halogens is 1. The molecule has 0 bridgehead atoms. The van der Waals surface area contributed by atoms with Crippen LogP contribution in [0, 0.1) is 6.92 Å². The Morgan fingerprint density at radius 1 is 1.14 bits per heavy atom. The molecule has 2 heterocycles. The Morgan fingerprint density at radius 3 is 2.41 bits per heavy atom. The number of hydrogen-bond acceptors (Lipinski definition) is 3. The summed E-state index contributed by atoms with van der Waals surface area (Å²) in [5.74, 6) is 0.609. The van der Waals surface area contributed by atoms with Crippen molar-refractivity contribution in [2.24, 2.45) is 0 Å². The van der Waals surface area contributed by atoms with Crippen molar-refractivity contribution in [3.63, 3.8) is 0 Å². The minimum Gasteiger partial charge on any atom is -0.355 e. The van der Waals surface area contributed by atoms with E-state index in [1.54, 1.807) is 0 Å². The summed E-state index contributed by atoms with van der Waals surface area (Å²) in [6, 6.07) is 7.74. The zero-order valence-electron chi connectivity index (χ0n) is 12.6. The standard InChI is InChI=1S/C17H19BrN2O2/c1-12-15(17(21)20-10-4-2-3-5-11-20)16(22-19-12)13-6-8-14(18)9-7-13/h6-9H,2-5,10-11H2,1H3. The number of carbonyl (C=O) groups is 1. The number of aryl methyl sites for hydroxylation is 1. The molecule has 0 atom stereocenters. The number of likely N-dealkylation sites (tertiary alicyclic amines) is 1. The van der Waals surface area contributed by atoms with Crippen LogP contribution in [0.3, 0.4) is 0 Å². The second-order valence-corrected chi connectivity index (χ2v) is 6.60. The van der Waals surface area contributed by atoms with Crippen LogP contribution >= 0.6 is 15.9 Å². The van der Waals surface area contributed by atoms with Crippen molar-refractivity contribution in [1.29, 1.82) is 0 Å². The van der Waals surface area contributed by atoms with Gasteiger partial charge in [-0.2, -0.15) is 0 Å². The highest BCUT2D eigenvalue weighted by molar-refractivity contribution is 9.10. The van der Waals surface area contributed by atoms with Crippen molar-refractivity contribution >= 4 is 21.8 Å². The molecule has 2 aromatic rings. The van der Waals surface area contributed by atoms with Crippen molar-refractivity contribution in [2.45, 2.75) is 32.6 Å². The number of amides is 1. The molecular formula is C17H19BrN2O2. The van der Waals surface area contributed by atoms with Crippen LogP contribution < -0.4 is 0 Å². The summed E-state index contributed by atoms with van der Waals surface area (Å²) in [6.07, 6.45) is 4.55. The third kappa shape index (κ3) is 3.09. The molecular weight excluding hydrogens is 344 g/mol. The maximum Gasteiger partial charge on any atom is 0.259 e. The van der Waals surface area contributed by atoms with Crippen LogP contribution in [0.15, 0.2) is 33.3 Å². The number of rotatable bonds is 2. The maximum atomic E-state index is 12.9. The molecule has 1 aromatic carbocycles. The molecule has 0 aliphatic carbocycles. The van der Waals surface area contributed by atoms with Gasteiger partial charge in [-0.05, 0) is 44.0 Å². The molecule has 5 heteroatoms. The first-order chi connectivity index (χ1) is 10.7. The minimum absolute atomic E-state index is 0.0403. The van der Waals surface area contributed by atoms with Crippen molar-refractivity contribution in [3.05, 3.63) is 40.0 Å². The smallest absolute Gasteiger partial charge is 0.259 e. The molecule has 0 saturated carbocycles. The highest BCUT2D eigenvalue weighted by Crippen LogP contribution is 2.29. The Morgan fingerprint density at radius 2 is 1.77 bits per heavy atom. The van der Waals surface area contributed by atoms with E-state index < -0.39 is 0 Å². The number of carbonyl (C=O) groups excluding carboxylic acids is 1. The summed E-state index contributed by atoms with van der Waals surface area (Å²) in [6.45, 7) is 3.48. The summed E-state index contributed by atoms with van der Waals surface area (Å²) in [4.78, 5) is 14.9. The SMILES string of the molecule is Cc1noc(-c2ccc(Br)cc2)c1C(=O)N1CCCCCC1.